The Balaban J connectivity index is 2.73. The zero-order chi connectivity index (χ0) is 13.1. The number of hydrogen-bond acceptors (Lipinski definition) is 3. The maximum Gasteiger partial charge on any atom is 0.247 e. The third kappa shape index (κ3) is 3.85. The van der Waals surface area contributed by atoms with Gasteiger partial charge in [0.2, 0.25) is 5.91 Å². The highest BCUT2D eigenvalue weighted by Gasteiger charge is 2.25. The molecule has 1 N–H and O–H groups in total. The largest absolute Gasteiger partial charge is 0.389 e. The highest BCUT2D eigenvalue weighted by molar-refractivity contribution is 5.80. The van der Waals surface area contributed by atoms with Gasteiger partial charge in [-0.25, -0.2) is 0 Å². The molecule has 17 heavy (non-hydrogen) atoms. The summed E-state index contributed by atoms with van der Waals surface area (Å²) in [5.41, 5.74) is -0.879. The molecule has 0 saturated carbocycles. The third-order valence-electron chi connectivity index (χ3n) is 2.55. The van der Waals surface area contributed by atoms with Crippen LogP contribution >= 0.6 is 0 Å². The second-order valence-corrected chi connectivity index (χ2v) is 4.83. The van der Waals surface area contributed by atoms with Crippen molar-refractivity contribution < 1.29 is 9.90 Å². The quantitative estimate of drug-likeness (QED) is 0.836. The molecule has 96 valence electrons. The number of carbonyl (C=O) groups is 1. The molecule has 1 atom stereocenters. The Morgan fingerprint density at radius 1 is 1.59 bits per heavy atom. The molecule has 0 fully saturated rings. The van der Waals surface area contributed by atoms with Gasteiger partial charge < -0.3 is 10.0 Å². The topological polar surface area (TPSA) is 58.4 Å². The van der Waals surface area contributed by atoms with Crippen LogP contribution in [0.4, 0.5) is 0 Å². The smallest absolute Gasteiger partial charge is 0.247 e. The first-order valence-electron chi connectivity index (χ1n) is 5.85. The van der Waals surface area contributed by atoms with Crippen molar-refractivity contribution in [2.24, 2.45) is 0 Å². The number of amides is 1. The predicted octanol–water partition coefficient (Wildman–Crippen LogP) is 1.06. The van der Waals surface area contributed by atoms with Crippen molar-refractivity contribution in [1.29, 1.82) is 0 Å². The second kappa shape index (κ2) is 5.31. The minimum atomic E-state index is -0.879. The van der Waals surface area contributed by atoms with E-state index in [2.05, 4.69) is 5.10 Å². The van der Waals surface area contributed by atoms with Crippen molar-refractivity contribution in [1.82, 2.24) is 14.7 Å². The van der Waals surface area contributed by atoms with Crippen molar-refractivity contribution in [3.8, 4) is 0 Å². The molecule has 0 saturated heterocycles. The fourth-order valence-electron chi connectivity index (χ4n) is 1.70. The minimum absolute atomic E-state index is 0.0293. The van der Waals surface area contributed by atoms with Gasteiger partial charge in [0.05, 0.1) is 5.60 Å². The summed E-state index contributed by atoms with van der Waals surface area (Å²) in [7, 11) is 0. The molecular formula is C12H21N3O2. The zero-order valence-corrected chi connectivity index (χ0v) is 10.9. The van der Waals surface area contributed by atoms with Gasteiger partial charge in [-0.1, -0.05) is 0 Å². The van der Waals surface area contributed by atoms with Crippen molar-refractivity contribution in [3.63, 3.8) is 0 Å². The molecule has 0 aromatic carbocycles. The zero-order valence-electron chi connectivity index (χ0n) is 10.9. The van der Waals surface area contributed by atoms with Crippen LogP contribution in [0.1, 0.15) is 33.7 Å². The number of carbonyl (C=O) groups excluding carboxylic acids is 1. The van der Waals surface area contributed by atoms with Gasteiger partial charge in [0.1, 0.15) is 6.04 Å². The monoisotopic (exact) mass is 239 g/mol. The van der Waals surface area contributed by atoms with Crippen LogP contribution in [-0.4, -0.2) is 44.4 Å². The van der Waals surface area contributed by atoms with Crippen LogP contribution in [-0.2, 0) is 4.79 Å². The summed E-state index contributed by atoms with van der Waals surface area (Å²) in [5, 5.41) is 13.8. The molecule has 1 aromatic rings. The predicted molar refractivity (Wildman–Crippen MR) is 65.5 cm³/mol. The standard InChI is InChI=1S/C12H21N3O2/c1-5-14(9-12(3,4)17)11(16)10(2)15-8-6-7-13-15/h6-8,10,17H,5,9H2,1-4H3. The average Bonchev–Trinajstić information content (AvgIpc) is 2.75. The first kappa shape index (κ1) is 13.7. The highest BCUT2D eigenvalue weighted by atomic mass is 16.3. The SMILES string of the molecule is CCN(CC(C)(C)O)C(=O)C(C)n1cccn1. The van der Waals surface area contributed by atoms with Crippen LogP contribution in [0.3, 0.4) is 0 Å². The summed E-state index contributed by atoms with van der Waals surface area (Å²) in [5.74, 6) is -0.0293. The van der Waals surface area contributed by atoms with E-state index in [1.54, 1.807) is 41.9 Å². The van der Waals surface area contributed by atoms with Gasteiger partial charge >= 0.3 is 0 Å². The Labute approximate surface area is 102 Å². The lowest BCUT2D eigenvalue weighted by Crippen LogP contribution is -2.44. The number of nitrogens with zero attached hydrogens (tertiary/aromatic N) is 3. The minimum Gasteiger partial charge on any atom is -0.389 e. The van der Waals surface area contributed by atoms with E-state index < -0.39 is 5.60 Å². The van der Waals surface area contributed by atoms with Gasteiger partial charge in [-0.15, -0.1) is 0 Å². The summed E-state index contributed by atoms with van der Waals surface area (Å²) in [4.78, 5) is 13.8. The Morgan fingerprint density at radius 3 is 2.65 bits per heavy atom. The van der Waals surface area contributed by atoms with E-state index in [0.717, 1.165) is 0 Å². The molecule has 5 nitrogen and oxygen atoms in total. The maximum atomic E-state index is 12.2. The van der Waals surface area contributed by atoms with Crippen molar-refractivity contribution >= 4 is 5.91 Å². The van der Waals surface area contributed by atoms with Crippen LogP contribution in [0, 0.1) is 0 Å². The van der Waals surface area contributed by atoms with Crippen LogP contribution in [0.25, 0.3) is 0 Å². The molecule has 0 radical (unpaired) electrons. The summed E-state index contributed by atoms with van der Waals surface area (Å²) in [6.45, 7) is 8.01. The van der Waals surface area contributed by atoms with Crippen LogP contribution in [0.2, 0.25) is 0 Å². The summed E-state index contributed by atoms with van der Waals surface area (Å²) >= 11 is 0. The van der Waals surface area contributed by atoms with E-state index in [0.29, 0.717) is 13.1 Å². The van der Waals surface area contributed by atoms with E-state index in [9.17, 15) is 9.90 Å². The van der Waals surface area contributed by atoms with Gasteiger partial charge in [-0.3, -0.25) is 9.48 Å². The molecule has 0 aliphatic heterocycles. The van der Waals surface area contributed by atoms with Gasteiger partial charge in [-0.2, -0.15) is 5.10 Å². The molecular weight excluding hydrogens is 218 g/mol. The Hall–Kier alpha value is -1.36. The van der Waals surface area contributed by atoms with E-state index in [4.69, 9.17) is 0 Å². The molecule has 0 aliphatic rings. The van der Waals surface area contributed by atoms with E-state index in [-0.39, 0.29) is 11.9 Å². The molecule has 0 bridgehead atoms. The number of rotatable bonds is 5. The highest BCUT2D eigenvalue weighted by Crippen LogP contribution is 2.12. The molecule has 1 aromatic heterocycles. The first-order valence-corrected chi connectivity index (χ1v) is 5.85. The second-order valence-electron chi connectivity index (χ2n) is 4.83. The number of aromatic nitrogens is 2. The molecule has 0 spiro atoms. The summed E-state index contributed by atoms with van der Waals surface area (Å²) < 4.78 is 1.62. The Morgan fingerprint density at radius 2 is 2.24 bits per heavy atom. The lowest BCUT2D eigenvalue weighted by molar-refractivity contribution is -0.137. The fraction of sp³-hybridized carbons (Fsp3) is 0.667. The van der Waals surface area contributed by atoms with Crippen LogP contribution in [0.5, 0.6) is 0 Å². The summed E-state index contributed by atoms with van der Waals surface area (Å²) in [6.07, 6.45) is 3.41. The van der Waals surface area contributed by atoms with Crippen molar-refractivity contribution in [2.75, 3.05) is 13.1 Å². The number of aliphatic hydroxyl groups is 1. The Kier molecular flexibility index (Phi) is 4.28. The lowest BCUT2D eigenvalue weighted by Gasteiger charge is -2.30. The van der Waals surface area contributed by atoms with Crippen molar-refractivity contribution in [3.05, 3.63) is 18.5 Å². The van der Waals surface area contributed by atoms with E-state index in [1.807, 2.05) is 13.8 Å². The van der Waals surface area contributed by atoms with E-state index >= 15 is 0 Å². The molecule has 1 unspecified atom stereocenters. The average molecular weight is 239 g/mol. The van der Waals surface area contributed by atoms with Gasteiger partial charge in [-0.05, 0) is 33.8 Å². The van der Waals surface area contributed by atoms with Gasteiger partial charge in [0.15, 0.2) is 0 Å². The first-order chi connectivity index (χ1) is 7.85. The molecule has 1 heterocycles. The lowest BCUT2D eigenvalue weighted by atomic mass is 10.1. The van der Waals surface area contributed by atoms with Crippen molar-refractivity contribution in [2.45, 2.75) is 39.3 Å². The summed E-state index contributed by atoms with van der Waals surface area (Å²) in [6, 6.07) is 1.45. The number of likely N-dealkylation sites (N-methyl/N-ethyl adjacent to an activating group) is 1. The van der Waals surface area contributed by atoms with Gasteiger partial charge in [0, 0.05) is 25.5 Å². The van der Waals surface area contributed by atoms with Gasteiger partial charge in [0.25, 0.3) is 0 Å². The Bertz CT molecular complexity index is 354. The molecule has 0 aliphatic carbocycles. The molecule has 1 rings (SSSR count). The fourth-order valence-corrected chi connectivity index (χ4v) is 1.70. The maximum absolute atomic E-state index is 12.2. The third-order valence-corrected chi connectivity index (χ3v) is 2.55. The normalized spacial score (nSPS) is 13.5. The van der Waals surface area contributed by atoms with Crippen LogP contribution in [0.15, 0.2) is 18.5 Å². The number of hydrogen-bond donors (Lipinski definition) is 1. The van der Waals surface area contributed by atoms with Crippen LogP contribution < -0.4 is 0 Å². The van der Waals surface area contributed by atoms with E-state index in [1.165, 1.54) is 0 Å². The molecule has 5 heteroatoms. The molecule has 1 amide bonds.